The summed E-state index contributed by atoms with van der Waals surface area (Å²) in [6.45, 7) is 6.55. The van der Waals surface area contributed by atoms with Crippen molar-refractivity contribution >= 4 is 17.2 Å². The van der Waals surface area contributed by atoms with Gasteiger partial charge in [-0.1, -0.05) is 42.5 Å². The number of nitrogens with zero attached hydrogens (tertiary/aromatic N) is 2. The van der Waals surface area contributed by atoms with Crippen molar-refractivity contribution in [1.82, 2.24) is 10.2 Å². The summed E-state index contributed by atoms with van der Waals surface area (Å²) in [6, 6.07) is 16.3. The molecule has 5 heteroatoms. The minimum Gasteiger partial charge on any atom is -0.382 e. The SMILES string of the molecule is CNC(=O)c1ccc(N2CCN(Cc3ccccc3C3=CC=CC(C)(O)C=C3)CC2)cc1. The van der Waals surface area contributed by atoms with Gasteiger partial charge in [0.05, 0.1) is 5.60 Å². The fourth-order valence-corrected chi connectivity index (χ4v) is 4.21. The topological polar surface area (TPSA) is 55.8 Å². The van der Waals surface area contributed by atoms with Crippen LogP contribution in [0.2, 0.25) is 0 Å². The van der Waals surface area contributed by atoms with Crippen molar-refractivity contribution in [2.24, 2.45) is 0 Å². The molecule has 1 fully saturated rings. The summed E-state index contributed by atoms with van der Waals surface area (Å²) in [5.74, 6) is -0.0576. The molecule has 1 saturated heterocycles. The molecule has 1 unspecified atom stereocenters. The van der Waals surface area contributed by atoms with E-state index in [0.29, 0.717) is 5.56 Å². The van der Waals surface area contributed by atoms with Gasteiger partial charge in [-0.15, -0.1) is 0 Å². The Morgan fingerprint density at radius 2 is 1.75 bits per heavy atom. The third kappa shape index (κ3) is 5.18. The van der Waals surface area contributed by atoms with E-state index in [1.165, 1.54) is 11.1 Å². The van der Waals surface area contributed by atoms with Gasteiger partial charge in [0.25, 0.3) is 5.91 Å². The molecule has 5 nitrogen and oxygen atoms in total. The number of benzene rings is 2. The Morgan fingerprint density at radius 1 is 1.03 bits per heavy atom. The molecule has 1 aliphatic carbocycles. The zero-order chi connectivity index (χ0) is 22.6. The van der Waals surface area contributed by atoms with E-state index in [4.69, 9.17) is 0 Å². The van der Waals surface area contributed by atoms with Crippen LogP contribution in [0, 0.1) is 0 Å². The molecule has 1 heterocycles. The van der Waals surface area contributed by atoms with Crippen LogP contribution in [-0.4, -0.2) is 54.7 Å². The molecule has 1 amide bonds. The van der Waals surface area contributed by atoms with Crippen molar-refractivity contribution in [3.8, 4) is 0 Å². The molecule has 0 spiro atoms. The van der Waals surface area contributed by atoms with E-state index < -0.39 is 5.60 Å². The van der Waals surface area contributed by atoms with Crippen LogP contribution in [0.25, 0.3) is 5.57 Å². The first-order valence-corrected chi connectivity index (χ1v) is 11.1. The molecule has 32 heavy (non-hydrogen) atoms. The lowest BCUT2D eigenvalue weighted by atomic mass is 9.98. The molecule has 1 atom stereocenters. The summed E-state index contributed by atoms with van der Waals surface area (Å²) < 4.78 is 0. The molecular weight excluding hydrogens is 398 g/mol. The quantitative estimate of drug-likeness (QED) is 0.762. The summed E-state index contributed by atoms with van der Waals surface area (Å²) in [7, 11) is 1.65. The van der Waals surface area contributed by atoms with Crippen LogP contribution in [0.1, 0.15) is 28.4 Å². The van der Waals surface area contributed by atoms with Gasteiger partial charge in [0, 0.05) is 51.0 Å². The fraction of sp³-hybridized carbons (Fsp3) is 0.296. The zero-order valence-electron chi connectivity index (χ0n) is 18.8. The van der Waals surface area contributed by atoms with Crippen LogP contribution >= 0.6 is 0 Å². The van der Waals surface area contributed by atoms with E-state index in [1.807, 2.05) is 42.5 Å². The van der Waals surface area contributed by atoms with Gasteiger partial charge in [0.1, 0.15) is 0 Å². The van der Waals surface area contributed by atoms with Crippen molar-refractivity contribution in [2.45, 2.75) is 19.1 Å². The van der Waals surface area contributed by atoms with Crippen molar-refractivity contribution < 1.29 is 9.90 Å². The highest BCUT2D eigenvalue weighted by Gasteiger charge is 2.20. The molecular formula is C27H31N3O2. The maximum atomic E-state index is 11.8. The van der Waals surface area contributed by atoms with Gasteiger partial charge < -0.3 is 15.3 Å². The minimum atomic E-state index is -0.915. The normalized spacial score (nSPS) is 21.2. The van der Waals surface area contributed by atoms with E-state index >= 15 is 0 Å². The maximum absolute atomic E-state index is 11.8. The van der Waals surface area contributed by atoms with Crippen LogP contribution in [-0.2, 0) is 6.54 Å². The van der Waals surface area contributed by atoms with Crippen molar-refractivity contribution in [1.29, 1.82) is 0 Å². The van der Waals surface area contributed by atoms with Gasteiger partial charge in [0.2, 0.25) is 0 Å². The number of aliphatic hydroxyl groups is 1. The summed E-state index contributed by atoms with van der Waals surface area (Å²) >= 11 is 0. The molecule has 166 valence electrons. The van der Waals surface area contributed by atoms with E-state index in [2.05, 4.69) is 45.5 Å². The first kappa shape index (κ1) is 22.1. The second kappa shape index (κ2) is 9.55. The van der Waals surface area contributed by atoms with Crippen LogP contribution in [0.4, 0.5) is 5.69 Å². The molecule has 4 rings (SSSR count). The highest BCUT2D eigenvalue weighted by molar-refractivity contribution is 5.94. The molecule has 2 N–H and O–H groups in total. The molecule has 2 aromatic rings. The summed E-state index contributed by atoms with van der Waals surface area (Å²) in [5, 5.41) is 12.9. The molecule has 2 aliphatic rings. The maximum Gasteiger partial charge on any atom is 0.251 e. The van der Waals surface area contributed by atoms with Crippen molar-refractivity contribution in [3.05, 3.63) is 95.6 Å². The van der Waals surface area contributed by atoms with E-state index in [-0.39, 0.29) is 5.91 Å². The second-order valence-corrected chi connectivity index (χ2v) is 8.59. The number of anilines is 1. The Balaban J connectivity index is 1.41. The third-order valence-corrected chi connectivity index (χ3v) is 6.13. The predicted octanol–water partition coefficient (Wildman–Crippen LogP) is 3.63. The number of rotatable bonds is 5. The van der Waals surface area contributed by atoms with Crippen LogP contribution in [0.5, 0.6) is 0 Å². The standard InChI is InChI=1S/C27H31N3O2/c1-27(32)14-5-7-21(13-15-27)25-8-4-3-6-23(25)20-29-16-18-30(19-17-29)24-11-9-22(10-12-24)26(31)28-2/h3-15,32H,16-20H2,1-2H3,(H,28,31). The lowest BCUT2D eigenvalue weighted by Crippen LogP contribution is -2.46. The number of carbonyl (C=O) groups excluding carboxylic acids is 1. The molecule has 1 aliphatic heterocycles. The summed E-state index contributed by atoms with van der Waals surface area (Å²) in [4.78, 5) is 16.6. The van der Waals surface area contributed by atoms with Crippen LogP contribution in [0.3, 0.4) is 0 Å². The predicted molar refractivity (Wildman–Crippen MR) is 131 cm³/mol. The summed E-state index contributed by atoms with van der Waals surface area (Å²) in [5.41, 5.74) is 4.54. The van der Waals surface area contributed by atoms with Crippen molar-refractivity contribution in [2.75, 3.05) is 38.1 Å². The number of piperazine rings is 1. The van der Waals surface area contributed by atoms with Crippen LogP contribution < -0.4 is 10.2 Å². The van der Waals surface area contributed by atoms with Gasteiger partial charge in [-0.2, -0.15) is 0 Å². The highest BCUT2D eigenvalue weighted by atomic mass is 16.3. The molecule has 0 bridgehead atoms. The zero-order valence-corrected chi connectivity index (χ0v) is 18.8. The molecule has 0 aromatic heterocycles. The van der Waals surface area contributed by atoms with Crippen LogP contribution in [0.15, 0.2) is 78.9 Å². The number of hydrogen-bond acceptors (Lipinski definition) is 4. The molecule has 0 saturated carbocycles. The van der Waals surface area contributed by atoms with E-state index in [1.54, 1.807) is 20.0 Å². The van der Waals surface area contributed by atoms with Gasteiger partial charge >= 0.3 is 0 Å². The average Bonchev–Trinajstić information content (AvgIpc) is 3.00. The van der Waals surface area contributed by atoms with Gasteiger partial charge in [-0.05, 0) is 60.0 Å². The molecule has 0 radical (unpaired) electrons. The van der Waals surface area contributed by atoms with Crippen molar-refractivity contribution in [3.63, 3.8) is 0 Å². The fourth-order valence-electron chi connectivity index (χ4n) is 4.21. The Hall–Kier alpha value is -3.15. The minimum absolute atomic E-state index is 0.0576. The first-order chi connectivity index (χ1) is 15.4. The Labute approximate surface area is 190 Å². The number of carbonyl (C=O) groups is 1. The Morgan fingerprint density at radius 3 is 2.47 bits per heavy atom. The largest absolute Gasteiger partial charge is 0.382 e. The number of amides is 1. The number of allylic oxidation sites excluding steroid dienone is 4. The van der Waals surface area contributed by atoms with Gasteiger partial charge in [-0.3, -0.25) is 9.69 Å². The van der Waals surface area contributed by atoms with Gasteiger partial charge in [0.15, 0.2) is 0 Å². The number of nitrogens with one attached hydrogen (secondary N) is 1. The molecule has 2 aromatic carbocycles. The first-order valence-electron chi connectivity index (χ1n) is 11.1. The number of hydrogen-bond donors (Lipinski definition) is 2. The van der Waals surface area contributed by atoms with Gasteiger partial charge in [-0.25, -0.2) is 0 Å². The second-order valence-electron chi connectivity index (χ2n) is 8.59. The highest BCUT2D eigenvalue weighted by Crippen LogP contribution is 2.26. The van der Waals surface area contributed by atoms with E-state index in [0.717, 1.165) is 44.0 Å². The summed E-state index contributed by atoms with van der Waals surface area (Å²) in [6.07, 6.45) is 9.66. The Bertz CT molecular complexity index is 1040. The Kier molecular flexibility index (Phi) is 6.58. The average molecular weight is 430 g/mol. The monoisotopic (exact) mass is 429 g/mol. The lowest BCUT2D eigenvalue weighted by Gasteiger charge is -2.36. The third-order valence-electron chi connectivity index (χ3n) is 6.13. The smallest absolute Gasteiger partial charge is 0.251 e. The lowest BCUT2D eigenvalue weighted by molar-refractivity contribution is 0.0963. The van der Waals surface area contributed by atoms with E-state index in [9.17, 15) is 9.90 Å².